The summed E-state index contributed by atoms with van der Waals surface area (Å²) < 4.78 is 0.945. The highest BCUT2D eigenvalue weighted by Gasteiger charge is 2.23. The van der Waals surface area contributed by atoms with E-state index in [0.29, 0.717) is 0 Å². The first kappa shape index (κ1) is 16.2. The molecule has 7 heteroatoms. The van der Waals surface area contributed by atoms with Crippen molar-refractivity contribution >= 4 is 34.2 Å². The third-order valence-electron chi connectivity index (χ3n) is 2.32. The predicted octanol–water partition coefficient (Wildman–Crippen LogP) is 2.45. The monoisotopic (exact) mass is 340 g/mol. The number of imide groups is 1. The molecule has 0 saturated carbocycles. The van der Waals surface area contributed by atoms with Gasteiger partial charge < -0.3 is 9.80 Å². The van der Waals surface area contributed by atoms with Crippen LogP contribution in [-0.2, 0) is 0 Å². The second-order valence-electron chi connectivity index (χ2n) is 4.46. The molecule has 4 amide bonds. The summed E-state index contributed by atoms with van der Waals surface area (Å²) in [6.07, 6.45) is 1.47. The SMILES string of the molecule is CN(C)C(=O)N(/N=C/c1ccc(Br)cc1)C(=O)N(C)C. The summed E-state index contributed by atoms with van der Waals surface area (Å²) in [6.45, 7) is 0. The van der Waals surface area contributed by atoms with Crippen LogP contribution in [-0.4, -0.2) is 61.3 Å². The van der Waals surface area contributed by atoms with Crippen molar-refractivity contribution in [1.29, 1.82) is 0 Å². The molecular weight excluding hydrogens is 324 g/mol. The zero-order chi connectivity index (χ0) is 15.3. The minimum absolute atomic E-state index is 0.503. The Bertz CT molecular complexity index is 492. The molecule has 0 unspecified atom stereocenters. The molecule has 0 aromatic heterocycles. The molecule has 0 aliphatic rings. The van der Waals surface area contributed by atoms with Crippen molar-refractivity contribution < 1.29 is 9.59 Å². The van der Waals surface area contributed by atoms with E-state index < -0.39 is 12.1 Å². The number of rotatable bonds is 2. The molecule has 1 rings (SSSR count). The molecule has 0 heterocycles. The lowest BCUT2D eigenvalue weighted by atomic mass is 10.2. The fourth-order valence-electron chi connectivity index (χ4n) is 1.23. The molecule has 0 atom stereocenters. The van der Waals surface area contributed by atoms with Crippen molar-refractivity contribution in [3.63, 3.8) is 0 Å². The number of carbonyl (C=O) groups is 2. The number of benzene rings is 1. The lowest BCUT2D eigenvalue weighted by molar-refractivity contribution is 0.155. The Hall–Kier alpha value is -1.89. The van der Waals surface area contributed by atoms with Gasteiger partial charge >= 0.3 is 12.1 Å². The van der Waals surface area contributed by atoms with Crippen molar-refractivity contribution in [2.24, 2.45) is 5.10 Å². The minimum Gasteiger partial charge on any atom is -0.329 e. The van der Waals surface area contributed by atoms with E-state index in [1.54, 1.807) is 28.2 Å². The molecule has 20 heavy (non-hydrogen) atoms. The summed E-state index contributed by atoms with van der Waals surface area (Å²) in [6, 6.07) is 6.35. The van der Waals surface area contributed by atoms with Gasteiger partial charge in [-0.2, -0.15) is 5.10 Å². The molecule has 0 radical (unpaired) electrons. The van der Waals surface area contributed by atoms with E-state index in [0.717, 1.165) is 15.0 Å². The Labute approximate surface area is 126 Å². The lowest BCUT2D eigenvalue weighted by Crippen LogP contribution is -2.44. The lowest BCUT2D eigenvalue weighted by Gasteiger charge is -2.22. The molecule has 0 fully saturated rings. The molecule has 0 aliphatic heterocycles. The quantitative estimate of drug-likeness (QED) is 0.613. The van der Waals surface area contributed by atoms with Crippen LogP contribution in [0.15, 0.2) is 33.8 Å². The fraction of sp³-hybridized carbons (Fsp3) is 0.308. The smallest absolute Gasteiger partial charge is 0.329 e. The van der Waals surface area contributed by atoms with Crippen LogP contribution in [0.25, 0.3) is 0 Å². The van der Waals surface area contributed by atoms with E-state index >= 15 is 0 Å². The topological polar surface area (TPSA) is 56.2 Å². The number of halogens is 1. The van der Waals surface area contributed by atoms with E-state index in [-0.39, 0.29) is 0 Å². The largest absolute Gasteiger partial charge is 0.348 e. The molecule has 0 spiro atoms. The Morgan fingerprint density at radius 3 is 1.85 bits per heavy atom. The van der Waals surface area contributed by atoms with Crippen LogP contribution in [0, 0.1) is 0 Å². The highest BCUT2D eigenvalue weighted by atomic mass is 79.9. The van der Waals surface area contributed by atoms with E-state index in [9.17, 15) is 9.59 Å². The first-order chi connectivity index (χ1) is 9.32. The van der Waals surface area contributed by atoms with Crippen molar-refractivity contribution in [2.75, 3.05) is 28.2 Å². The maximum absolute atomic E-state index is 11.9. The zero-order valence-electron chi connectivity index (χ0n) is 11.9. The van der Waals surface area contributed by atoms with Gasteiger partial charge in [-0.1, -0.05) is 28.1 Å². The molecular formula is C13H17BrN4O2. The number of urea groups is 2. The van der Waals surface area contributed by atoms with Gasteiger partial charge in [-0.15, -0.1) is 5.01 Å². The third-order valence-corrected chi connectivity index (χ3v) is 2.85. The second kappa shape index (κ2) is 7.04. The molecule has 0 bridgehead atoms. The first-order valence-electron chi connectivity index (χ1n) is 5.85. The van der Waals surface area contributed by atoms with Crippen molar-refractivity contribution in [3.05, 3.63) is 34.3 Å². The summed E-state index contributed by atoms with van der Waals surface area (Å²) in [4.78, 5) is 26.5. The first-order valence-corrected chi connectivity index (χ1v) is 6.64. The van der Waals surface area contributed by atoms with Crippen LogP contribution in [0.4, 0.5) is 9.59 Å². The number of amides is 4. The number of nitrogens with zero attached hydrogens (tertiary/aromatic N) is 4. The summed E-state index contributed by atoms with van der Waals surface area (Å²) in [5.41, 5.74) is 0.788. The molecule has 0 aliphatic carbocycles. The molecule has 6 nitrogen and oxygen atoms in total. The Kier molecular flexibility index (Phi) is 5.69. The summed E-state index contributed by atoms with van der Waals surface area (Å²) in [7, 11) is 6.25. The summed E-state index contributed by atoms with van der Waals surface area (Å²) in [5.74, 6) is 0. The standard InChI is InChI=1S/C13H17BrN4O2/c1-16(2)12(19)18(13(20)17(3)4)15-9-10-5-7-11(14)8-6-10/h5-9H,1-4H3/b15-9+. The van der Waals surface area contributed by atoms with Gasteiger partial charge in [0.15, 0.2) is 0 Å². The normalized spacial score (nSPS) is 10.4. The average Bonchev–Trinajstić information content (AvgIpc) is 2.40. The summed E-state index contributed by atoms with van der Waals surface area (Å²) in [5, 5.41) is 4.80. The average molecular weight is 341 g/mol. The van der Waals surface area contributed by atoms with E-state index in [2.05, 4.69) is 21.0 Å². The van der Waals surface area contributed by atoms with Gasteiger partial charge in [-0.05, 0) is 17.7 Å². The van der Waals surface area contributed by atoms with Gasteiger partial charge in [0, 0.05) is 32.7 Å². The maximum Gasteiger partial charge on any atom is 0.348 e. The van der Waals surface area contributed by atoms with Gasteiger partial charge in [-0.3, -0.25) is 0 Å². The fourth-order valence-corrected chi connectivity index (χ4v) is 1.50. The number of hydrazone groups is 1. The highest BCUT2D eigenvalue weighted by molar-refractivity contribution is 9.10. The van der Waals surface area contributed by atoms with Crippen LogP contribution in [0.1, 0.15) is 5.56 Å². The Balaban J connectivity index is 2.97. The second-order valence-corrected chi connectivity index (χ2v) is 5.38. The Morgan fingerprint density at radius 1 is 1.00 bits per heavy atom. The van der Waals surface area contributed by atoms with Crippen molar-refractivity contribution in [2.45, 2.75) is 0 Å². The number of carbonyl (C=O) groups excluding carboxylic acids is 2. The van der Waals surface area contributed by atoms with Gasteiger partial charge in [0.05, 0.1) is 6.21 Å². The predicted molar refractivity (Wildman–Crippen MR) is 81.7 cm³/mol. The van der Waals surface area contributed by atoms with Crippen molar-refractivity contribution in [3.8, 4) is 0 Å². The summed E-state index contributed by atoms with van der Waals surface area (Å²) >= 11 is 3.33. The van der Waals surface area contributed by atoms with Crippen LogP contribution in [0.5, 0.6) is 0 Å². The maximum atomic E-state index is 11.9. The molecule has 0 N–H and O–H groups in total. The van der Waals surface area contributed by atoms with Crippen molar-refractivity contribution in [1.82, 2.24) is 14.8 Å². The van der Waals surface area contributed by atoms with Crippen LogP contribution < -0.4 is 0 Å². The van der Waals surface area contributed by atoms with E-state index in [4.69, 9.17) is 0 Å². The van der Waals surface area contributed by atoms with Gasteiger partial charge in [0.25, 0.3) is 0 Å². The van der Waals surface area contributed by atoms with Gasteiger partial charge in [-0.25, -0.2) is 9.59 Å². The highest BCUT2D eigenvalue weighted by Crippen LogP contribution is 2.09. The Morgan fingerprint density at radius 2 is 1.45 bits per heavy atom. The molecule has 1 aromatic rings. The molecule has 0 saturated heterocycles. The van der Waals surface area contributed by atoms with Gasteiger partial charge in [0.2, 0.25) is 0 Å². The van der Waals surface area contributed by atoms with Crippen LogP contribution in [0.3, 0.4) is 0 Å². The van der Waals surface area contributed by atoms with E-state index in [1.807, 2.05) is 24.3 Å². The molecule has 108 valence electrons. The van der Waals surface area contributed by atoms with Gasteiger partial charge in [0.1, 0.15) is 0 Å². The van der Waals surface area contributed by atoms with E-state index in [1.165, 1.54) is 16.0 Å². The minimum atomic E-state index is -0.503. The number of hydrogen-bond acceptors (Lipinski definition) is 3. The molecule has 1 aromatic carbocycles. The number of hydrogen-bond donors (Lipinski definition) is 0. The third kappa shape index (κ3) is 4.34. The van der Waals surface area contributed by atoms with Crippen LogP contribution >= 0.6 is 15.9 Å². The van der Waals surface area contributed by atoms with Crippen LogP contribution in [0.2, 0.25) is 0 Å². The zero-order valence-corrected chi connectivity index (χ0v) is 13.5.